The Labute approximate surface area is 134 Å². The van der Waals surface area contributed by atoms with E-state index in [9.17, 15) is 4.79 Å². The fourth-order valence-electron chi connectivity index (χ4n) is 2.54. The molecule has 0 fully saturated rings. The molecule has 1 amide bonds. The summed E-state index contributed by atoms with van der Waals surface area (Å²) in [7, 11) is 0. The Kier molecular flexibility index (Phi) is 4.49. The first-order valence-electron chi connectivity index (χ1n) is 7.49. The molecule has 0 aliphatic carbocycles. The van der Waals surface area contributed by atoms with Crippen molar-refractivity contribution in [3.05, 3.63) is 60.2 Å². The zero-order chi connectivity index (χ0) is 15.4. The van der Waals surface area contributed by atoms with Crippen LogP contribution in [0.25, 0.3) is 10.2 Å². The topological polar surface area (TPSA) is 42.0 Å². The molecule has 3 rings (SSSR count). The fraction of sp³-hybridized carbons (Fsp3) is 0.222. The van der Waals surface area contributed by atoms with Crippen molar-refractivity contribution in [1.82, 2.24) is 4.98 Å². The molecule has 0 saturated heterocycles. The van der Waals surface area contributed by atoms with Gasteiger partial charge >= 0.3 is 0 Å². The van der Waals surface area contributed by atoms with Crippen LogP contribution in [-0.4, -0.2) is 10.9 Å². The monoisotopic (exact) mass is 310 g/mol. The van der Waals surface area contributed by atoms with E-state index in [1.807, 2.05) is 54.6 Å². The van der Waals surface area contributed by atoms with E-state index in [1.54, 1.807) is 0 Å². The summed E-state index contributed by atoms with van der Waals surface area (Å²) in [6.07, 6.45) is 1.80. The van der Waals surface area contributed by atoms with Gasteiger partial charge in [-0.1, -0.05) is 67.1 Å². The Balaban J connectivity index is 1.81. The van der Waals surface area contributed by atoms with Crippen molar-refractivity contribution in [1.29, 1.82) is 0 Å². The van der Waals surface area contributed by atoms with E-state index in [2.05, 4.69) is 17.2 Å². The lowest BCUT2D eigenvalue weighted by Crippen LogP contribution is -2.21. The summed E-state index contributed by atoms with van der Waals surface area (Å²) >= 11 is 1.51. The predicted octanol–water partition coefficient (Wildman–Crippen LogP) is 4.82. The fourth-order valence-corrected chi connectivity index (χ4v) is 3.41. The third kappa shape index (κ3) is 3.17. The second-order valence-electron chi connectivity index (χ2n) is 5.23. The minimum atomic E-state index is -0.127. The Bertz CT molecular complexity index is 734. The first-order valence-corrected chi connectivity index (χ1v) is 8.31. The molecule has 0 radical (unpaired) electrons. The van der Waals surface area contributed by atoms with Gasteiger partial charge in [0.2, 0.25) is 5.91 Å². The standard InChI is InChI=1S/C18H18N2OS/c1-2-8-14(13-9-4-3-5-10-13)17(21)20-18-19-15-11-6-7-12-16(15)22-18/h3-7,9-12,14H,2,8H2,1H3,(H,19,20,21)/t14-/m1/s1. The van der Waals surface area contributed by atoms with E-state index in [4.69, 9.17) is 0 Å². The maximum Gasteiger partial charge on any atom is 0.233 e. The first-order chi connectivity index (χ1) is 10.8. The normalized spacial score (nSPS) is 12.2. The Morgan fingerprint density at radius 2 is 1.86 bits per heavy atom. The van der Waals surface area contributed by atoms with Gasteiger partial charge in [-0.25, -0.2) is 4.98 Å². The highest BCUT2D eigenvalue weighted by molar-refractivity contribution is 7.22. The number of hydrogen-bond acceptors (Lipinski definition) is 3. The lowest BCUT2D eigenvalue weighted by molar-refractivity contribution is -0.117. The number of fused-ring (bicyclic) bond motifs is 1. The minimum Gasteiger partial charge on any atom is -0.301 e. The zero-order valence-electron chi connectivity index (χ0n) is 12.5. The number of benzene rings is 2. The number of carbonyl (C=O) groups is 1. The Hall–Kier alpha value is -2.20. The molecule has 2 aromatic carbocycles. The van der Waals surface area contributed by atoms with Gasteiger partial charge in [0.15, 0.2) is 5.13 Å². The molecule has 0 unspecified atom stereocenters. The molecule has 0 bridgehead atoms. The van der Waals surface area contributed by atoms with E-state index < -0.39 is 0 Å². The van der Waals surface area contributed by atoms with Gasteiger partial charge in [-0.3, -0.25) is 4.79 Å². The number of thiazole rings is 1. The van der Waals surface area contributed by atoms with Gasteiger partial charge in [-0.05, 0) is 24.1 Å². The number of hydrogen-bond donors (Lipinski definition) is 1. The third-order valence-electron chi connectivity index (χ3n) is 3.62. The maximum absolute atomic E-state index is 12.6. The van der Waals surface area contributed by atoms with Crippen LogP contribution in [-0.2, 0) is 4.79 Å². The molecule has 1 atom stereocenters. The summed E-state index contributed by atoms with van der Waals surface area (Å²) in [6, 6.07) is 17.9. The van der Waals surface area contributed by atoms with Crippen molar-refractivity contribution in [2.75, 3.05) is 5.32 Å². The minimum absolute atomic E-state index is 0.0205. The SMILES string of the molecule is CCC[C@@H](C(=O)Nc1nc2ccccc2s1)c1ccccc1. The summed E-state index contributed by atoms with van der Waals surface area (Å²) in [5, 5.41) is 3.65. The summed E-state index contributed by atoms with van der Waals surface area (Å²) in [4.78, 5) is 17.1. The van der Waals surface area contributed by atoms with Crippen LogP contribution in [0.4, 0.5) is 5.13 Å². The van der Waals surface area contributed by atoms with E-state index in [0.29, 0.717) is 5.13 Å². The van der Waals surface area contributed by atoms with Gasteiger partial charge in [-0.15, -0.1) is 0 Å². The Morgan fingerprint density at radius 3 is 2.59 bits per heavy atom. The zero-order valence-corrected chi connectivity index (χ0v) is 13.3. The average molecular weight is 310 g/mol. The number of nitrogens with one attached hydrogen (secondary N) is 1. The Morgan fingerprint density at radius 1 is 1.14 bits per heavy atom. The predicted molar refractivity (Wildman–Crippen MR) is 92.3 cm³/mol. The number of amides is 1. The van der Waals surface area contributed by atoms with E-state index in [0.717, 1.165) is 28.6 Å². The summed E-state index contributed by atoms with van der Waals surface area (Å²) < 4.78 is 1.09. The highest BCUT2D eigenvalue weighted by atomic mass is 32.1. The molecular formula is C18H18N2OS. The highest BCUT2D eigenvalue weighted by Crippen LogP contribution is 2.28. The molecule has 1 heterocycles. The molecule has 1 N–H and O–H groups in total. The van der Waals surface area contributed by atoms with Crippen molar-refractivity contribution >= 4 is 32.6 Å². The van der Waals surface area contributed by atoms with Crippen LogP contribution in [0, 0.1) is 0 Å². The van der Waals surface area contributed by atoms with Crippen LogP contribution in [0.15, 0.2) is 54.6 Å². The van der Waals surface area contributed by atoms with Crippen molar-refractivity contribution in [2.45, 2.75) is 25.7 Å². The molecule has 3 aromatic rings. The van der Waals surface area contributed by atoms with Crippen LogP contribution in [0.3, 0.4) is 0 Å². The van der Waals surface area contributed by atoms with Gasteiger partial charge in [0, 0.05) is 0 Å². The molecule has 22 heavy (non-hydrogen) atoms. The summed E-state index contributed by atoms with van der Waals surface area (Å²) in [6.45, 7) is 2.10. The van der Waals surface area contributed by atoms with E-state index in [-0.39, 0.29) is 11.8 Å². The van der Waals surface area contributed by atoms with Crippen LogP contribution in [0.2, 0.25) is 0 Å². The van der Waals surface area contributed by atoms with Gasteiger partial charge in [0.05, 0.1) is 16.1 Å². The van der Waals surface area contributed by atoms with Crippen molar-refractivity contribution in [2.24, 2.45) is 0 Å². The molecule has 0 aliphatic heterocycles. The lowest BCUT2D eigenvalue weighted by atomic mass is 9.94. The molecule has 3 nitrogen and oxygen atoms in total. The van der Waals surface area contributed by atoms with Crippen LogP contribution in [0.1, 0.15) is 31.2 Å². The molecule has 0 saturated carbocycles. The third-order valence-corrected chi connectivity index (χ3v) is 4.57. The smallest absolute Gasteiger partial charge is 0.233 e. The lowest BCUT2D eigenvalue weighted by Gasteiger charge is -2.15. The van der Waals surface area contributed by atoms with E-state index in [1.165, 1.54) is 11.3 Å². The second-order valence-corrected chi connectivity index (χ2v) is 6.26. The van der Waals surface area contributed by atoms with Crippen LogP contribution < -0.4 is 5.32 Å². The summed E-state index contributed by atoms with van der Waals surface area (Å²) in [5.41, 5.74) is 1.98. The van der Waals surface area contributed by atoms with E-state index >= 15 is 0 Å². The highest BCUT2D eigenvalue weighted by Gasteiger charge is 2.20. The number of para-hydroxylation sites is 1. The number of anilines is 1. The average Bonchev–Trinajstić information content (AvgIpc) is 2.95. The molecule has 0 aliphatic rings. The number of carbonyl (C=O) groups excluding carboxylic acids is 1. The molecule has 0 spiro atoms. The van der Waals surface area contributed by atoms with Crippen molar-refractivity contribution in [3.63, 3.8) is 0 Å². The van der Waals surface area contributed by atoms with Crippen molar-refractivity contribution < 1.29 is 4.79 Å². The van der Waals surface area contributed by atoms with Crippen LogP contribution in [0.5, 0.6) is 0 Å². The largest absolute Gasteiger partial charge is 0.301 e. The number of rotatable bonds is 5. The maximum atomic E-state index is 12.6. The van der Waals surface area contributed by atoms with Gasteiger partial charge in [-0.2, -0.15) is 0 Å². The second kappa shape index (κ2) is 6.71. The molecule has 1 aromatic heterocycles. The number of nitrogens with zero attached hydrogens (tertiary/aromatic N) is 1. The van der Waals surface area contributed by atoms with Gasteiger partial charge < -0.3 is 5.32 Å². The summed E-state index contributed by atoms with van der Waals surface area (Å²) in [5.74, 6) is -0.106. The number of aromatic nitrogens is 1. The van der Waals surface area contributed by atoms with Gasteiger partial charge in [0.25, 0.3) is 0 Å². The van der Waals surface area contributed by atoms with Crippen molar-refractivity contribution in [3.8, 4) is 0 Å². The molecule has 4 heteroatoms. The quantitative estimate of drug-likeness (QED) is 0.734. The molecular weight excluding hydrogens is 292 g/mol. The van der Waals surface area contributed by atoms with Gasteiger partial charge in [0.1, 0.15) is 0 Å². The molecule has 112 valence electrons. The van der Waals surface area contributed by atoms with Crippen LogP contribution >= 0.6 is 11.3 Å². The first kappa shape index (κ1) is 14.7.